The van der Waals surface area contributed by atoms with E-state index in [0.29, 0.717) is 25.9 Å². The summed E-state index contributed by atoms with van der Waals surface area (Å²) in [6.07, 6.45) is 1.08. The van der Waals surface area contributed by atoms with Crippen LogP contribution in [-0.2, 0) is 9.59 Å². The summed E-state index contributed by atoms with van der Waals surface area (Å²) in [6.45, 7) is 4.51. The van der Waals surface area contributed by atoms with Crippen LogP contribution in [0.3, 0.4) is 0 Å². The van der Waals surface area contributed by atoms with Crippen LogP contribution in [0.2, 0.25) is 0 Å². The van der Waals surface area contributed by atoms with Gasteiger partial charge in [-0.1, -0.05) is 12.1 Å². The molecule has 1 aliphatic heterocycles. The highest BCUT2D eigenvalue weighted by Gasteiger charge is 2.43. The smallest absolute Gasteiger partial charge is 0.233 e. The molecule has 2 amide bonds. The quantitative estimate of drug-likeness (QED) is 0.283. The van der Waals surface area contributed by atoms with E-state index in [1.807, 2.05) is 6.92 Å². The maximum Gasteiger partial charge on any atom is 0.233 e. The second kappa shape index (κ2) is 5.90. The van der Waals surface area contributed by atoms with E-state index in [2.05, 4.69) is 10.5 Å². The van der Waals surface area contributed by atoms with Gasteiger partial charge in [-0.05, 0) is 19.8 Å². The molecule has 19 heavy (non-hydrogen) atoms. The number of nitrogens with one attached hydrogen (secondary N) is 1. The van der Waals surface area contributed by atoms with E-state index in [1.54, 1.807) is 18.9 Å². The van der Waals surface area contributed by atoms with Crippen molar-refractivity contribution in [1.29, 1.82) is 0 Å². The van der Waals surface area contributed by atoms with E-state index < -0.39 is 11.3 Å². The van der Waals surface area contributed by atoms with Gasteiger partial charge in [0.1, 0.15) is 0 Å². The molecule has 1 rings (SSSR count). The lowest BCUT2D eigenvalue weighted by Gasteiger charge is -2.25. The lowest BCUT2D eigenvalue weighted by atomic mass is 9.89. The summed E-state index contributed by atoms with van der Waals surface area (Å²) in [4.78, 5) is 25.7. The van der Waals surface area contributed by atoms with Crippen molar-refractivity contribution < 1.29 is 14.8 Å². The van der Waals surface area contributed by atoms with E-state index >= 15 is 0 Å². The largest absolute Gasteiger partial charge is 0.409 e. The number of amidine groups is 1. The number of amides is 2. The van der Waals surface area contributed by atoms with Crippen molar-refractivity contribution in [3.8, 4) is 0 Å². The molecule has 0 aliphatic carbocycles. The van der Waals surface area contributed by atoms with Crippen LogP contribution in [0.4, 0.5) is 0 Å². The first-order valence-corrected chi connectivity index (χ1v) is 6.38. The molecule has 0 aromatic heterocycles. The fourth-order valence-corrected chi connectivity index (χ4v) is 2.44. The van der Waals surface area contributed by atoms with Gasteiger partial charge in [0.2, 0.25) is 11.8 Å². The van der Waals surface area contributed by atoms with E-state index in [0.717, 1.165) is 0 Å². The standard InChI is InChI=1S/C12H22N4O3/c1-4-8(9(13)15-19)10(17)16-6-5-12(2,7-16)11(18)14-3/h8,19H,4-7H2,1-3H3,(H2,13,15)(H,14,18). The maximum absolute atomic E-state index is 12.3. The Bertz CT molecular complexity index is 396. The Morgan fingerprint density at radius 3 is 2.68 bits per heavy atom. The lowest BCUT2D eigenvalue weighted by molar-refractivity contribution is -0.134. The molecule has 0 bridgehead atoms. The first-order valence-electron chi connectivity index (χ1n) is 6.38. The Kier molecular flexibility index (Phi) is 4.74. The van der Waals surface area contributed by atoms with E-state index in [4.69, 9.17) is 10.9 Å². The number of carbonyl (C=O) groups excluding carboxylic acids is 2. The molecule has 1 heterocycles. The van der Waals surface area contributed by atoms with Gasteiger partial charge in [0.15, 0.2) is 5.84 Å². The number of carbonyl (C=O) groups is 2. The highest BCUT2D eigenvalue weighted by molar-refractivity contribution is 6.02. The fourth-order valence-electron chi connectivity index (χ4n) is 2.44. The normalized spacial score (nSPS) is 25.2. The first-order chi connectivity index (χ1) is 8.89. The van der Waals surface area contributed by atoms with Crippen LogP contribution in [0.15, 0.2) is 5.16 Å². The summed E-state index contributed by atoms with van der Waals surface area (Å²) in [6, 6.07) is 0. The third-order valence-electron chi connectivity index (χ3n) is 3.74. The maximum atomic E-state index is 12.3. The molecule has 7 heteroatoms. The fraction of sp³-hybridized carbons (Fsp3) is 0.750. The number of nitrogens with two attached hydrogens (primary N) is 1. The van der Waals surface area contributed by atoms with E-state index in [1.165, 1.54) is 0 Å². The average Bonchev–Trinajstić information content (AvgIpc) is 2.82. The molecule has 108 valence electrons. The summed E-state index contributed by atoms with van der Waals surface area (Å²) in [5.41, 5.74) is 4.96. The van der Waals surface area contributed by atoms with Gasteiger partial charge in [0, 0.05) is 20.1 Å². The Hall–Kier alpha value is -1.79. The molecule has 0 aromatic rings. The van der Waals surface area contributed by atoms with Gasteiger partial charge < -0.3 is 21.2 Å². The zero-order valence-corrected chi connectivity index (χ0v) is 11.6. The van der Waals surface area contributed by atoms with Crippen LogP contribution in [0.25, 0.3) is 0 Å². The van der Waals surface area contributed by atoms with Gasteiger partial charge in [-0.25, -0.2) is 0 Å². The molecule has 1 saturated heterocycles. The van der Waals surface area contributed by atoms with Crippen molar-refractivity contribution in [2.45, 2.75) is 26.7 Å². The average molecular weight is 270 g/mol. The van der Waals surface area contributed by atoms with Crippen molar-refractivity contribution in [2.75, 3.05) is 20.1 Å². The molecule has 2 unspecified atom stereocenters. The third-order valence-corrected chi connectivity index (χ3v) is 3.74. The van der Waals surface area contributed by atoms with Crippen LogP contribution >= 0.6 is 0 Å². The van der Waals surface area contributed by atoms with Gasteiger partial charge in [-0.15, -0.1) is 0 Å². The number of nitrogens with zero attached hydrogens (tertiary/aromatic N) is 2. The molecule has 0 radical (unpaired) electrons. The predicted molar refractivity (Wildman–Crippen MR) is 70.6 cm³/mol. The van der Waals surface area contributed by atoms with E-state index in [9.17, 15) is 9.59 Å². The van der Waals surface area contributed by atoms with Crippen molar-refractivity contribution in [2.24, 2.45) is 22.2 Å². The molecular formula is C12H22N4O3. The van der Waals surface area contributed by atoms with Crippen molar-refractivity contribution in [3.05, 3.63) is 0 Å². The Labute approximate surface area is 112 Å². The third kappa shape index (κ3) is 2.97. The summed E-state index contributed by atoms with van der Waals surface area (Å²) >= 11 is 0. The topological polar surface area (TPSA) is 108 Å². The van der Waals surface area contributed by atoms with E-state index in [-0.39, 0.29) is 17.6 Å². The monoisotopic (exact) mass is 270 g/mol. The summed E-state index contributed by atoms with van der Waals surface area (Å²) in [5.74, 6) is -0.969. The van der Waals surface area contributed by atoms with Crippen LogP contribution in [0, 0.1) is 11.3 Å². The minimum absolute atomic E-state index is 0.0698. The highest BCUT2D eigenvalue weighted by Crippen LogP contribution is 2.31. The highest BCUT2D eigenvalue weighted by atomic mass is 16.4. The van der Waals surface area contributed by atoms with Gasteiger partial charge in [-0.3, -0.25) is 9.59 Å². The van der Waals surface area contributed by atoms with Gasteiger partial charge in [0.05, 0.1) is 11.3 Å². The number of hydrogen-bond donors (Lipinski definition) is 3. The van der Waals surface area contributed by atoms with Crippen LogP contribution < -0.4 is 11.1 Å². The van der Waals surface area contributed by atoms with Gasteiger partial charge >= 0.3 is 0 Å². The second-order valence-corrected chi connectivity index (χ2v) is 5.14. The molecule has 2 atom stereocenters. The summed E-state index contributed by atoms with van der Waals surface area (Å²) in [7, 11) is 1.59. The second-order valence-electron chi connectivity index (χ2n) is 5.14. The molecule has 0 spiro atoms. The molecule has 0 aromatic carbocycles. The van der Waals surface area contributed by atoms with Crippen LogP contribution in [0.1, 0.15) is 26.7 Å². The molecule has 7 nitrogen and oxygen atoms in total. The zero-order valence-electron chi connectivity index (χ0n) is 11.6. The Morgan fingerprint density at radius 1 is 1.58 bits per heavy atom. The van der Waals surface area contributed by atoms with Crippen molar-refractivity contribution >= 4 is 17.6 Å². The number of rotatable bonds is 4. The summed E-state index contributed by atoms with van der Waals surface area (Å²) in [5, 5.41) is 14.2. The Balaban J connectivity index is 2.79. The van der Waals surface area contributed by atoms with Crippen molar-refractivity contribution in [3.63, 3.8) is 0 Å². The molecule has 4 N–H and O–H groups in total. The van der Waals surface area contributed by atoms with Crippen LogP contribution in [-0.4, -0.2) is 47.9 Å². The van der Waals surface area contributed by atoms with Gasteiger partial charge in [0.25, 0.3) is 0 Å². The predicted octanol–water partition coefficient (Wildman–Crippen LogP) is -0.256. The van der Waals surface area contributed by atoms with Gasteiger partial charge in [-0.2, -0.15) is 0 Å². The molecule has 1 fully saturated rings. The number of oxime groups is 1. The molecular weight excluding hydrogens is 248 g/mol. The SMILES string of the molecule is CCC(C(=O)N1CCC(C)(C(=O)NC)C1)C(N)=NO. The molecule has 1 aliphatic rings. The number of hydrogen-bond acceptors (Lipinski definition) is 4. The molecule has 0 saturated carbocycles. The minimum atomic E-state index is -0.628. The Morgan fingerprint density at radius 2 is 2.21 bits per heavy atom. The van der Waals surface area contributed by atoms with Crippen LogP contribution in [0.5, 0.6) is 0 Å². The zero-order chi connectivity index (χ0) is 14.6. The first kappa shape index (κ1) is 15.3. The number of likely N-dealkylation sites (tertiary alicyclic amines) is 1. The minimum Gasteiger partial charge on any atom is -0.409 e. The lowest BCUT2D eigenvalue weighted by Crippen LogP contribution is -2.44. The summed E-state index contributed by atoms with van der Waals surface area (Å²) < 4.78 is 0. The van der Waals surface area contributed by atoms with Crippen molar-refractivity contribution in [1.82, 2.24) is 10.2 Å².